The van der Waals surface area contributed by atoms with Crippen LogP contribution in [0.15, 0.2) is 10.7 Å². The van der Waals surface area contributed by atoms with E-state index in [1.165, 1.54) is 11.0 Å². The topological polar surface area (TPSA) is 59.2 Å². The molecule has 1 heterocycles. The summed E-state index contributed by atoms with van der Waals surface area (Å²) >= 11 is 0. The highest BCUT2D eigenvalue weighted by Gasteiger charge is 2.12. The Balaban J connectivity index is 2.70. The molecular formula is C6H9N4O+. The second kappa shape index (κ2) is 2.92. The fourth-order valence-electron chi connectivity index (χ4n) is 0.615. The van der Waals surface area contributed by atoms with Gasteiger partial charge in [-0.3, -0.25) is 4.52 Å². The Morgan fingerprint density at radius 2 is 2.73 bits per heavy atom. The number of hydrogen-bond acceptors (Lipinski definition) is 4. The van der Waals surface area contributed by atoms with Crippen LogP contribution in [0, 0.1) is 12.3 Å². The Bertz CT molecular complexity index is 274. The van der Waals surface area contributed by atoms with Gasteiger partial charge in [-0.15, -0.1) is 11.4 Å². The third-order valence-electron chi connectivity index (χ3n) is 1.14. The summed E-state index contributed by atoms with van der Waals surface area (Å²) in [5.41, 5.74) is 5.28. The van der Waals surface area contributed by atoms with Crippen molar-refractivity contribution in [3.8, 4) is 12.3 Å². The van der Waals surface area contributed by atoms with Crippen molar-refractivity contribution >= 4 is 5.88 Å². The van der Waals surface area contributed by atoms with Gasteiger partial charge in [-0.05, 0) is 0 Å². The Morgan fingerprint density at radius 1 is 2.00 bits per heavy atom. The lowest BCUT2D eigenvalue weighted by Crippen LogP contribution is -2.56. The molecule has 11 heavy (non-hydrogen) atoms. The highest BCUT2D eigenvalue weighted by molar-refractivity contribution is 5.11. The molecule has 0 saturated heterocycles. The van der Waals surface area contributed by atoms with Crippen LogP contribution in [0.2, 0.25) is 0 Å². The van der Waals surface area contributed by atoms with E-state index in [2.05, 4.69) is 15.7 Å². The minimum atomic E-state index is 0.258. The van der Waals surface area contributed by atoms with Crippen molar-refractivity contribution in [1.82, 2.24) is 5.27 Å². The number of anilines is 1. The van der Waals surface area contributed by atoms with Gasteiger partial charge in [0.05, 0.1) is 11.8 Å². The zero-order chi connectivity index (χ0) is 8.27. The van der Waals surface area contributed by atoms with Crippen molar-refractivity contribution in [2.75, 3.05) is 24.3 Å². The number of hydrogen-bond donors (Lipinski definition) is 1. The van der Waals surface area contributed by atoms with Crippen LogP contribution in [0.3, 0.4) is 0 Å². The molecule has 5 nitrogen and oxygen atoms in total. The summed E-state index contributed by atoms with van der Waals surface area (Å²) in [7, 11) is 1.78. The molecule has 0 saturated carbocycles. The van der Waals surface area contributed by atoms with Crippen molar-refractivity contribution < 1.29 is 9.31 Å². The monoisotopic (exact) mass is 153 g/mol. The number of nitrogens with two attached hydrogens (primary N) is 1. The fraction of sp³-hybridized carbons (Fsp3) is 0.333. The van der Waals surface area contributed by atoms with Gasteiger partial charge in [0.15, 0.2) is 0 Å². The van der Waals surface area contributed by atoms with Crippen LogP contribution >= 0.6 is 0 Å². The van der Waals surface area contributed by atoms with E-state index in [1.54, 1.807) is 12.1 Å². The van der Waals surface area contributed by atoms with Crippen LogP contribution < -0.4 is 15.5 Å². The second-order valence-corrected chi connectivity index (χ2v) is 2.04. The minimum Gasteiger partial charge on any atom is -0.362 e. The molecule has 0 amide bonds. The Morgan fingerprint density at radius 3 is 3.18 bits per heavy atom. The number of terminal acetylenes is 1. The van der Waals surface area contributed by atoms with Crippen molar-refractivity contribution in [2.45, 2.75) is 0 Å². The second-order valence-electron chi connectivity index (χ2n) is 2.04. The quantitative estimate of drug-likeness (QED) is 0.426. The molecule has 0 aliphatic carbocycles. The molecule has 0 spiro atoms. The van der Waals surface area contributed by atoms with Crippen molar-refractivity contribution in [1.29, 1.82) is 0 Å². The lowest BCUT2D eigenvalue weighted by Gasteiger charge is -1.99. The van der Waals surface area contributed by atoms with Gasteiger partial charge >= 0.3 is 0 Å². The molecule has 1 aromatic rings. The largest absolute Gasteiger partial charge is 0.362 e. The van der Waals surface area contributed by atoms with Crippen molar-refractivity contribution in [3.05, 3.63) is 6.20 Å². The molecule has 1 rings (SSSR count). The molecule has 1 aromatic heterocycles. The summed E-state index contributed by atoms with van der Waals surface area (Å²) in [6.45, 7) is 0.455. The van der Waals surface area contributed by atoms with E-state index >= 15 is 0 Å². The molecule has 2 N–H and O–H groups in total. The zero-order valence-corrected chi connectivity index (χ0v) is 6.19. The van der Waals surface area contributed by atoms with E-state index in [9.17, 15) is 0 Å². The Kier molecular flexibility index (Phi) is 1.97. The highest BCUT2D eigenvalue weighted by atomic mass is 16.5. The number of rotatable bonds is 2. The first-order chi connectivity index (χ1) is 5.24. The lowest BCUT2D eigenvalue weighted by atomic mass is 10.7. The maximum atomic E-state index is 5.28. The maximum Gasteiger partial charge on any atom is 0.296 e. The van der Waals surface area contributed by atoms with Gasteiger partial charge in [0.1, 0.15) is 6.54 Å². The standard InChI is InChI=1S/C6H9N4O/c1-3-4-9(2)10-5-6(7)11-8-10/h1,5H,4,7H2,2H3/q+1. The van der Waals surface area contributed by atoms with Gasteiger partial charge in [-0.25, -0.2) is 0 Å². The van der Waals surface area contributed by atoms with Crippen LogP contribution in [0.25, 0.3) is 0 Å². The summed E-state index contributed by atoms with van der Waals surface area (Å²) < 4.78 is 4.61. The van der Waals surface area contributed by atoms with E-state index in [1.807, 2.05) is 0 Å². The summed E-state index contributed by atoms with van der Waals surface area (Å²) in [6, 6.07) is 0. The summed E-state index contributed by atoms with van der Waals surface area (Å²) in [5.74, 6) is 2.72. The highest BCUT2D eigenvalue weighted by Crippen LogP contribution is 1.89. The van der Waals surface area contributed by atoms with Gasteiger partial charge in [0.2, 0.25) is 5.27 Å². The van der Waals surface area contributed by atoms with Crippen LogP contribution in [0.4, 0.5) is 5.88 Å². The van der Waals surface area contributed by atoms with E-state index < -0.39 is 0 Å². The molecule has 5 heteroatoms. The third kappa shape index (κ3) is 1.61. The molecule has 0 atom stereocenters. The molecule has 0 fully saturated rings. The Hall–Kier alpha value is -1.70. The Labute approximate surface area is 64.3 Å². The van der Waals surface area contributed by atoms with Gasteiger partial charge < -0.3 is 5.73 Å². The van der Waals surface area contributed by atoms with Gasteiger partial charge in [-0.2, -0.15) is 0 Å². The van der Waals surface area contributed by atoms with Gasteiger partial charge in [0, 0.05) is 0 Å². The predicted molar refractivity (Wildman–Crippen MR) is 39.0 cm³/mol. The van der Waals surface area contributed by atoms with E-state index in [4.69, 9.17) is 12.2 Å². The van der Waals surface area contributed by atoms with Crippen LogP contribution in [0.5, 0.6) is 0 Å². The average Bonchev–Trinajstić information content (AvgIpc) is 2.36. The minimum absolute atomic E-state index is 0.258. The molecule has 0 aromatic carbocycles. The predicted octanol–water partition coefficient (Wildman–Crippen LogP) is -1.25. The van der Waals surface area contributed by atoms with Crippen LogP contribution in [-0.4, -0.2) is 18.9 Å². The lowest BCUT2D eigenvalue weighted by molar-refractivity contribution is -0.754. The molecule has 0 aliphatic heterocycles. The number of nitrogen functional groups attached to an aromatic ring is 1. The SMILES string of the molecule is C#CCN(C)[n+]1cc(N)on1. The maximum absolute atomic E-state index is 5.28. The van der Waals surface area contributed by atoms with Crippen molar-refractivity contribution in [3.63, 3.8) is 0 Å². The van der Waals surface area contributed by atoms with Crippen molar-refractivity contribution in [2.24, 2.45) is 0 Å². The molecule has 0 radical (unpaired) electrons. The van der Waals surface area contributed by atoms with E-state index in [0.717, 1.165) is 0 Å². The summed E-state index contributed by atoms with van der Waals surface area (Å²) in [5, 5.41) is 5.26. The van der Waals surface area contributed by atoms with Gasteiger partial charge in [0.25, 0.3) is 12.1 Å². The first-order valence-electron chi connectivity index (χ1n) is 3.03. The van der Waals surface area contributed by atoms with Crippen LogP contribution in [0.1, 0.15) is 0 Å². The van der Waals surface area contributed by atoms with E-state index in [0.29, 0.717) is 6.54 Å². The van der Waals surface area contributed by atoms with Crippen LogP contribution in [-0.2, 0) is 0 Å². The molecule has 58 valence electrons. The summed E-state index contributed by atoms with van der Waals surface area (Å²) in [6.07, 6.45) is 6.62. The van der Waals surface area contributed by atoms with Gasteiger partial charge in [-0.1, -0.05) is 5.92 Å². The number of aromatic nitrogens is 2. The molecule has 0 unspecified atom stereocenters. The third-order valence-corrected chi connectivity index (χ3v) is 1.14. The zero-order valence-electron chi connectivity index (χ0n) is 6.19. The molecular weight excluding hydrogens is 144 g/mol. The summed E-state index contributed by atoms with van der Waals surface area (Å²) in [4.78, 5) is 1.44. The fourth-order valence-corrected chi connectivity index (χ4v) is 0.615. The number of nitrogens with zero attached hydrogens (tertiary/aromatic N) is 3. The average molecular weight is 153 g/mol. The molecule has 0 aliphatic rings. The molecule has 0 bridgehead atoms. The first-order valence-corrected chi connectivity index (χ1v) is 3.03. The normalized spacial score (nSPS) is 9.09. The van der Waals surface area contributed by atoms with E-state index in [-0.39, 0.29) is 5.88 Å². The smallest absolute Gasteiger partial charge is 0.296 e. The first kappa shape index (κ1) is 7.41.